The van der Waals surface area contributed by atoms with Crippen LogP contribution in [0.25, 0.3) is 0 Å². The topological polar surface area (TPSA) is 79.5 Å². The number of likely N-dealkylation sites (tertiary alicyclic amines) is 2. The molecule has 0 atom stereocenters. The van der Waals surface area contributed by atoms with Crippen LogP contribution in [0.5, 0.6) is 0 Å². The summed E-state index contributed by atoms with van der Waals surface area (Å²) in [4.78, 5) is 32.6. The van der Waals surface area contributed by atoms with E-state index < -0.39 is 11.6 Å². The number of pyridine rings is 1. The van der Waals surface area contributed by atoms with Crippen LogP contribution in [-0.4, -0.2) is 46.2 Å². The molecule has 1 spiro atoms. The van der Waals surface area contributed by atoms with Crippen LogP contribution in [0.3, 0.4) is 0 Å². The zero-order valence-corrected chi connectivity index (χ0v) is 15.9. The quantitative estimate of drug-likeness (QED) is 0.859. The standard InChI is InChI=1S/C21H22F2N4O2/c22-16-7-14(8-17(23)9-16)12-27-13-21(10-19(27)28)3-5-26(6-4-21)20(29)15-1-2-18(24)25-11-15/h1-2,7-9,11H,3-6,10,12-13H2,(H2,24,25). The van der Waals surface area contributed by atoms with Crippen molar-refractivity contribution in [2.75, 3.05) is 25.4 Å². The molecule has 0 bridgehead atoms. The molecule has 29 heavy (non-hydrogen) atoms. The number of amides is 2. The number of piperidine rings is 1. The Labute approximate surface area is 167 Å². The van der Waals surface area contributed by atoms with E-state index >= 15 is 0 Å². The minimum absolute atomic E-state index is 0.0165. The van der Waals surface area contributed by atoms with Crippen LogP contribution in [0.1, 0.15) is 35.2 Å². The van der Waals surface area contributed by atoms with E-state index in [0.29, 0.717) is 55.8 Å². The Balaban J connectivity index is 1.39. The van der Waals surface area contributed by atoms with E-state index in [9.17, 15) is 18.4 Å². The molecule has 2 aromatic rings. The van der Waals surface area contributed by atoms with Crippen molar-refractivity contribution in [2.45, 2.75) is 25.8 Å². The first-order chi connectivity index (χ1) is 13.8. The Morgan fingerprint density at radius 1 is 1.14 bits per heavy atom. The second-order valence-electron chi connectivity index (χ2n) is 7.97. The van der Waals surface area contributed by atoms with Gasteiger partial charge in [0, 0.05) is 50.3 Å². The van der Waals surface area contributed by atoms with E-state index in [2.05, 4.69) is 4.98 Å². The van der Waals surface area contributed by atoms with Crippen molar-refractivity contribution >= 4 is 17.6 Å². The lowest BCUT2D eigenvalue weighted by Gasteiger charge is -2.38. The van der Waals surface area contributed by atoms with Crippen LogP contribution in [0.15, 0.2) is 36.5 Å². The fourth-order valence-electron chi connectivity index (χ4n) is 4.28. The zero-order chi connectivity index (χ0) is 20.6. The summed E-state index contributed by atoms with van der Waals surface area (Å²) >= 11 is 0. The highest BCUT2D eigenvalue weighted by Crippen LogP contribution is 2.41. The van der Waals surface area contributed by atoms with Gasteiger partial charge < -0.3 is 15.5 Å². The minimum atomic E-state index is -0.648. The molecule has 3 heterocycles. The number of hydrogen-bond acceptors (Lipinski definition) is 4. The molecular formula is C21H22F2N4O2. The number of carbonyl (C=O) groups excluding carboxylic acids is 2. The lowest BCUT2D eigenvalue weighted by molar-refractivity contribution is -0.128. The number of aromatic nitrogens is 1. The van der Waals surface area contributed by atoms with E-state index in [1.807, 2.05) is 0 Å². The molecule has 4 rings (SSSR count). The molecular weight excluding hydrogens is 378 g/mol. The molecule has 2 amide bonds. The van der Waals surface area contributed by atoms with E-state index in [1.54, 1.807) is 21.9 Å². The normalized spacial score (nSPS) is 18.5. The van der Waals surface area contributed by atoms with Gasteiger partial charge in [0.05, 0.1) is 5.56 Å². The minimum Gasteiger partial charge on any atom is -0.384 e. The third kappa shape index (κ3) is 4.06. The van der Waals surface area contributed by atoms with Crippen molar-refractivity contribution in [3.8, 4) is 0 Å². The van der Waals surface area contributed by atoms with Crippen LogP contribution in [0.4, 0.5) is 14.6 Å². The third-order valence-corrected chi connectivity index (χ3v) is 5.85. The van der Waals surface area contributed by atoms with Gasteiger partial charge in [-0.05, 0) is 42.7 Å². The lowest BCUT2D eigenvalue weighted by atomic mass is 9.77. The number of nitrogens with two attached hydrogens (primary N) is 1. The number of hydrogen-bond donors (Lipinski definition) is 1. The molecule has 1 aromatic heterocycles. The fraction of sp³-hybridized carbons (Fsp3) is 0.381. The summed E-state index contributed by atoms with van der Waals surface area (Å²) in [7, 11) is 0. The third-order valence-electron chi connectivity index (χ3n) is 5.85. The first-order valence-electron chi connectivity index (χ1n) is 9.57. The van der Waals surface area contributed by atoms with Crippen molar-refractivity contribution in [3.05, 3.63) is 59.3 Å². The molecule has 6 nitrogen and oxygen atoms in total. The average molecular weight is 400 g/mol. The number of nitrogen functional groups attached to an aromatic ring is 1. The second kappa shape index (κ2) is 7.42. The summed E-state index contributed by atoms with van der Waals surface area (Å²) in [6, 6.07) is 6.59. The number of anilines is 1. The Morgan fingerprint density at radius 3 is 2.45 bits per heavy atom. The molecule has 152 valence electrons. The predicted octanol–water partition coefficient (Wildman–Crippen LogP) is 2.60. The molecule has 2 fully saturated rings. The van der Waals surface area contributed by atoms with Gasteiger partial charge in [0.1, 0.15) is 17.5 Å². The van der Waals surface area contributed by atoms with Crippen molar-refractivity contribution < 1.29 is 18.4 Å². The van der Waals surface area contributed by atoms with Crippen LogP contribution in [0.2, 0.25) is 0 Å². The van der Waals surface area contributed by atoms with Crippen molar-refractivity contribution in [2.24, 2.45) is 5.41 Å². The van der Waals surface area contributed by atoms with E-state index in [4.69, 9.17) is 5.73 Å². The summed E-state index contributed by atoms with van der Waals surface area (Å²) in [5.74, 6) is -1.04. The maximum absolute atomic E-state index is 13.4. The molecule has 1 aromatic carbocycles. The van der Waals surface area contributed by atoms with Gasteiger partial charge in [0.25, 0.3) is 5.91 Å². The van der Waals surface area contributed by atoms with Gasteiger partial charge in [-0.3, -0.25) is 9.59 Å². The molecule has 8 heteroatoms. The van der Waals surface area contributed by atoms with Gasteiger partial charge in [-0.2, -0.15) is 0 Å². The predicted molar refractivity (Wildman–Crippen MR) is 103 cm³/mol. The molecule has 2 saturated heterocycles. The molecule has 0 unspecified atom stereocenters. The number of halogens is 2. The van der Waals surface area contributed by atoms with E-state index in [1.165, 1.54) is 18.3 Å². The Kier molecular flexibility index (Phi) is 4.94. The largest absolute Gasteiger partial charge is 0.384 e. The van der Waals surface area contributed by atoms with Gasteiger partial charge in [0.15, 0.2) is 0 Å². The number of rotatable bonds is 3. The molecule has 0 aliphatic carbocycles. The van der Waals surface area contributed by atoms with Gasteiger partial charge in [0.2, 0.25) is 5.91 Å². The van der Waals surface area contributed by atoms with Crippen molar-refractivity contribution in [3.63, 3.8) is 0 Å². The van der Waals surface area contributed by atoms with Gasteiger partial charge >= 0.3 is 0 Å². The summed E-state index contributed by atoms with van der Waals surface area (Å²) in [5.41, 5.74) is 6.31. The lowest BCUT2D eigenvalue weighted by Crippen LogP contribution is -2.44. The zero-order valence-electron chi connectivity index (χ0n) is 15.9. The molecule has 2 N–H and O–H groups in total. The molecule has 0 radical (unpaired) electrons. The van der Waals surface area contributed by atoms with Gasteiger partial charge in [-0.15, -0.1) is 0 Å². The Morgan fingerprint density at radius 2 is 1.83 bits per heavy atom. The van der Waals surface area contributed by atoms with Crippen LogP contribution in [0, 0.1) is 17.0 Å². The van der Waals surface area contributed by atoms with Gasteiger partial charge in [-0.1, -0.05) is 0 Å². The number of benzene rings is 1. The summed E-state index contributed by atoms with van der Waals surface area (Å²) < 4.78 is 26.9. The van der Waals surface area contributed by atoms with Crippen LogP contribution in [-0.2, 0) is 11.3 Å². The van der Waals surface area contributed by atoms with Crippen LogP contribution < -0.4 is 5.73 Å². The van der Waals surface area contributed by atoms with Crippen molar-refractivity contribution in [1.29, 1.82) is 0 Å². The number of nitrogens with zero attached hydrogens (tertiary/aromatic N) is 3. The monoisotopic (exact) mass is 400 g/mol. The summed E-state index contributed by atoms with van der Waals surface area (Å²) in [6.07, 6.45) is 3.29. The highest BCUT2D eigenvalue weighted by atomic mass is 19.1. The SMILES string of the molecule is Nc1ccc(C(=O)N2CCC3(CC2)CC(=O)N(Cc2cc(F)cc(F)c2)C3)cn1. The Hall–Kier alpha value is -3.03. The summed E-state index contributed by atoms with van der Waals surface area (Å²) in [5, 5.41) is 0. The fourth-order valence-corrected chi connectivity index (χ4v) is 4.28. The molecule has 0 saturated carbocycles. The van der Waals surface area contributed by atoms with E-state index in [0.717, 1.165) is 6.07 Å². The maximum atomic E-state index is 13.4. The second-order valence-corrected chi connectivity index (χ2v) is 7.97. The first-order valence-corrected chi connectivity index (χ1v) is 9.57. The molecule has 2 aliphatic heterocycles. The van der Waals surface area contributed by atoms with Crippen LogP contribution >= 0.6 is 0 Å². The number of carbonyl (C=O) groups is 2. The smallest absolute Gasteiger partial charge is 0.255 e. The van der Waals surface area contributed by atoms with Gasteiger partial charge in [-0.25, -0.2) is 13.8 Å². The maximum Gasteiger partial charge on any atom is 0.255 e. The Bertz CT molecular complexity index is 920. The highest BCUT2D eigenvalue weighted by molar-refractivity contribution is 5.94. The summed E-state index contributed by atoms with van der Waals surface area (Å²) in [6.45, 7) is 1.84. The van der Waals surface area contributed by atoms with Crippen molar-refractivity contribution in [1.82, 2.24) is 14.8 Å². The first kappa shape index (κ1) is 19.3. The average Bonchev–Trinajstić information content (AvgIpc) is 2.96. The highest BCUT2D eigenvalue weighted by Gasteiger charge is 2.45. The van der Waals surface area contributed by atoms with E-state index in [-0.39, 0.29) is 23.8 Å². The molecule has 2 aliphatic rings.